The summed E-state index contributed by atoms with van der Waals surface area (Å²) in [6.45, 7) is 2.39. The van der Waals surface area contributed by atoms with E-state index in [9.17, 15) is 8.42 Å². The molecule has 0 bridgehead atoms. The molecule has 1 fully saturated rings. The van der Waals surface area contributed by atoms with Gasteiger partial charge in [-0.2, -0.15) is 4.31 Å². The molecule has 0 aliphatic heterocycles. The molecule has 3 N–H and O–H groups in total. The van der Waals surface area contributed by atoms with Crippen LogP contribution >= 0.6 is 0 Å². The van der Waals surface area contributed by atoms with Gasteiger partial charge < -0.3 is 10.7 Å². The number of nitrogens with zero attached hydrogens (tertiary/aromatic N) is 1. The zero-order valence-corrected chi connectivity index (χ0v) is 11.5. The Balaban J connectivity index is 2.18. The number of H-pyrrole nitrogens is 1. The van der Waals surface area contributed by atoms with Crippen molar-refractivity contribution in [1.29, 1.82) is 0 Å². The van der Waals surface area contributed by atoms with Gasteiger partial charge in [0, 0.05) is 31.0 Å². The van der Waals surface area contributed by atoms with E-state index in [1.165, 1.54) is 6.20 Å². The van der Waals surface area contributed by atoms with E-state index in [1.54, 1.807) is 16.6 Å². The van der Waals surface area contributed by atoms with Crippen LogP contribution in [0.5, 0.6) is 0 Å². The van der Waals surface area contributed by atoms with Crippen LogP contribution in [-0.2, 0) is 10.0 Å². The molecule has 1 aliphatic rings. The Kier molecular flexibility index (Phi) is 4.09. The first-order valence-corrected chi connectivity index (χ1v) is 7.90. The molecule has 1 aliphatic carbocycles. The molecule has 1 aromatic heterocycles. The van der Waals surface area contributed by atoms with E-state index in [0.717, 1.165) is 25.7 Å². The van der Waals surface area contributed by atoms with Gasteiger partial charge in [0.1, 0.15) is 0 Å². The van der Waals surface area contributed by atoms with Gasteiger partial charge in [0.25, 0.3) is 0 Å². The van der Waals surface area contributed by atoms with Crippen LogP contribution in [0.1, 0.15) is 32.6 Å². The Morgan fingerprint density at radius 3 is 2.56 bits per heavy atom. The topological polar surface area (TPSA) is 79.2 Å². The number of aromatic nitrogens is 1. The molecule has 18 heavy (non-hydrogen) atoms. The molecule has 6 heteroatoms. The van der Waals surface area contributed by atoms with Crippen molar-refractivity contribution >= 4 is 10.0 Å². The molecule has 2 rings (SSSR count). The monoisotopic (exact) mass is 271 g/mol. The minimum atomic E-state index is -3.36. The number of aromatic amines is 1. The van der Waals surface area contributed by atoms with E-state index in [1.807, 2.05) is 6.92 Å². The zero-order valence-electron chi connectivity index (χ0n) is 10.7. The van der Waals surface area contributed by atoms with Gasteiger partial charge >= 0.3 is 0 Å². The predicted octanol–water partition coefficient (Wildman–Crippen LogP) is 1.30. The van der Waals surface area contributed by atoms with Crippen molar-refractivity contribution in [3.63, 3.8) is 0 Å². The lowest BCUT2D eigenvalue weighted by atomic mass is 9.92. The summed E-state index contributed by atoms with van der Waals surface area (Å²) in [5, 5.41) is 0. The van der Waals surface area contributed by atoms with Crippen LogP contribution in [0.2, 0.25) is 0 Å². The van der Waals surface area contributed by atoms with Crippen molar-refractivity contribution in [1.82, 2.24) is 9.29 Å². The Morgan fingerprint density at radius 1 is 1.39 bits per heavy atom. The summed E-state index contributed by atoms with van der Waals surface area (Å²) in [6, 6.07) is 1.93. The van der Waals surface area contributed by atoms with Crippen molar-refractivity contribution in [2.45, 2.75) is 49.6 Å². The maximum absolute atomic E-state index is 12.5. The lowest BCUT2D eigenvalue weighted by molar-refractivity contribution is 0.247. The van der Waals surface area contributed by atoms with Crippen LogP contribution in [0.25, 0.3) is 0 Å². The van der Waals surface area contributed by atoms with Crippen molar-refractivity contribution in [2.24, 2.45) is 5.73 Å². The van der Waals surface area contributed by atoms with Gasteiger partial charge in [-0.3, -0.25) is 0 Å². The third-order valence-electron chi connectivity index (χ3n) is 3.64. The number of sulfonamides is 1. The largest absolute Gasteiger partial charge is 0.366 e. The van der Waals surface area contributed by atoms with Gasteiger partial charge in [-0.25, -0.2) is 8.42 Å². The number of nitrogens with two attached hydrogens (primary N) is 1. The average molecular weight is 271 g/mol. The summed E-state index contributed by atoms with van der Waals surface area (Å²) in [5.41, 5.74) is 5.87. The lowest BCUT2D eigenvalue weighted by Crippen LogP contribution is -2.43. The van der Waals surface area contributed by atoms with Gasteiger partial charge in [-0.1, -0.05) is 6.92 Å². The lowest BCUT2D eigenvalue weighted by Gasteiger charge is -2.34. The van der Waals surface area contributed by atoms with Crippen LogP contribution in [0, 0.1) is 0 Å². The standard InChI is InChI=1S/C12H21N3O2S/c1-2-15(11-5-3-10(13)4-6-11)18(16,17)12-7-8-14-9-12/h7-11,14H,2-6,13H2,1H3. The molecule has 0 atom stereocenters. The highest BCUT2D eigenvalue weighted by molar-refractivity contribution is 7.89. The van der Waals surface area contributed by atoms with Crippen molar-refractivity contribution in [3.05, 3.63) is 18.5 Å². The molecule has 1 heterocycles. The average Bonchev–Trinajstić information content (AvgIpc) is 2.86. The second-order valence-corrected chi connectivity index (χ2v) is 6.71. The van der Waals surface area contributed by atoms with Crippen LogP contribution in [0.3, 0.4) is 0 Å². The maximum Gasteiger partial charge on any atom is 0.244 e. The van der Waals surface area contributed by atoms with E-state index < -0.39 is 10.0 Å². The number of nitrogens with one attached hydrogen (secondary N) is 1. The fraction of sp³-hybridized carbons (Fsp3) is 0.667. The number of hydrogen-bond donors (Lipinski definition) is 2. The van der Waals surface area contributed by atoms with Gasteiger partial charge in [0.05, 0.1) is 4.90 Å². The van der Waals surface area contributed by atoms with Gasteiger partial charge in [-0.15, -0.1) is 0 Å². The SMILES string of the molecule is CCN(C1CCC(N)CC1)S(=O)(=O)c1cc[nH]c1. The molecule has 0 spiro atoms. The summed E-state index contributed by atoms with van der Waals surface area (Å²) < 4.78 is 26.6. The Hall–Kier alpha value is -0.850. The van der Waals surface area contributed by atoms with E-state index in [2.05, 4.69) is 4.98 Å². The van der Waals surface area contributed by atoms with E-state index in [4.69, 9.17) is 5.73 Å². The first-order valence-electron chi connectivity index (χ1n) is 6.46. The van der Waals surface area contributed by atoms with Crippen LogP contribution < -0.4 is 5.73 Å². The number of rotatable bonds is 4. The second kappa shape index (κ2) is 5.42. The Morgan fingerprint density at radius 2 is 2.06 bits per heavy atom. The predicted molar refractivity (Wildman–Crippen MR) is 70.6 cm³/mol. The molecule has 0 saturated heterocycles. The highest BCUT2D eigenvalue weighted by Crippen LogP contribution is 2.27. The van der Waals surface area contributed by atoms with Gasteiger partial charge in [0.15, 0.2) is 0 Å². The minimum Gasteiger partial charge on any atom is -0.366 e. The summed E-state index contributed by atoms with van der Waals surface area (Å²) in [4.78, 5) is 3.15. The van der Waals surface area contributed by atoms with E-state index >= 15 is 0 Å². The maximum atomic E-state index is 12.5. The van der Waals surface area contributed by atoms with Crippen LogP contribution in [0.4, 0.5) is 0 Å². The summed E-state index contributed by atoms with van der Waals surface area (Å²) in [5.74, 6) is 0. The molecule has 0 aromatic carbocycles. The quantitative estimate of drug-likeness (QED) is 0.866. The molecular formula is C12H21N3O2S. The smallest absolute Gasteiger partial charge is 0.244 e. The molecule has 0 radical (unpaired) electrons. The highest BCUT2D eigenvalue weighted by atomic mass is 32.2. The molecule has 0 amide bonds. The molecule has 1 saturated carbocycles. The van der Waals surface area contributed by atoms with Crippen molar-refractivity contribution in [2.75, 3.05) is 6.54 Å². The van der Waals surface area contributed by atoms with Crippen molar-refractivity contribution in [3.8, 4) is 0 Å². The third kappa shape index (κ3) is 2.60. The molecular weight excluding hydrogens is 250 g/mol. The molecule has 1 aromatic rings. The zero-order chi connectivity index (χ0) is 13.2. The van der Waals surface area contributed by atoms with Gasteiger partial charge in [-0.05, 0) is 31.7 Å². The second-order valence-electron chi connectivity index (χ2n) is 4.82. The van der Waals surface area contributed by atoms with Gasteiger partial charge in [0.2, 0.25) is 10.0 Å². The van der Waals surface area contributed by atoms with Crippen LogP contribution in [-0.4, -0.2) is 36.3 Å². The highest BCUT2D eigenvalue weighted by Gasteiger charge is 2.32. The van der Waals surface area contributed by atoms with E-state index in [0.29, 0.717) is 11.4 Å². The molecule has 0 unspecified atom stereocenters. The first kappa shape index (κ1) is 13.6. The normalized spacial score (nSPS) is 25.5. The fourth-order valence-corrected chi connectivity index (χ4v) is 4.29. The third-order valence-corrected chi connectivity index (χ3v) is 5.66. The fourth-order valence-electron chi connectivity index (χ4n) is 2.62. The van der Waals surface area contributed by atoms with Crippen molar-refractivity contribution < 1.29 is 8.42 Å². The minimum absolute atomic E-state index is 0.0923. The number of hydrogen-bond acceptors (Lipinski definition) is 3. The molecule has 102 valence electrons. The Labute approximate surface area is 108 Å². The van der Waals surface area contributed by atoms with E-state index in [-0.39, 0.29) is 12.1 Å². The molecule has 5 nitrogen and oxygen atoms in total. The Bertz CT molecular complexity index is 462. The summed E-state index contributed by atoms with van der Waals surface area (Å²) in [7, 11) is -3.36. The summed E-state index contributed by atoms with van der Waals surface area (Å²) in [6.07, 6.45) is 6.70. The summed E-state index contributed by atoms with van der Waals surface area (Å²) >= 11 is 0. The van der Waals surface area contributed by atoms with Crippen LogP contribution in [0.15, 0.2) is 23.4 Å². The first-order chi connectivity index (χ1) is 8.55.